The number of hydrogen-bond donors (Lipinski definition) is 5. The van der Waals surface area contributed by atoms with Gasteiger partial charge >= 0.3 is 24.3 Å². The maximum absolute atomic E-state index is 11.6. The predicted octanol–water partition coefficient (Wildman–Crippen LogP) is -0.515. The number of aliphatic hydroxyl groups is 2. The minimum atomic E-state index is -5.11. The maximum Gasteiger partial charge on any atom is 0.708 e. The Hall–Kier alpha value is -1.54. The van der Waals surface area contributed by atoms with Crippen LogP contribution in [0.4, 0.5) is 5.82 Å². The van der Waals surface area contributed by atoms with E-state index in [0.29, 0.717) is 0 Å². The molecule has 0 aliphatic carbocycles. The molecule has 19 heteroatoms. The fourth-order valence-corrected chi connectivity index (χ4v) is 4.72. The van der Waals surface area contributed by atoms with Crippen LogP contribution in [-0.2, 0) is 31.6 Å². The SMILES string of the molecule is Nc1ncnc2c1ncn2[C@@H]1O[C@H](CO[P+](=O)OP(=O)(O)O[P+](=O)O)[C@@H](O)[C@H]1O. The zero-order valence-corrected chi connectivity index (χ0v) is 16.7. The van der Waals surface area contributed by atoms with Gasteiger partial charge in [0.25, 0.3) is 0 Å². The van der Waals surface area contributed by atoms with Crippen LogP contribution in [0.15, 0.2) is 12.7 Å². The number of nitrogens with two attached hydrogens (primary N) is 1. The third-order valence-electron chi connectivity index (χ3n) is 3.69. The van der Waals surface area contributed by atoms with Gasteiger partial charge in [-0.2, -0.15) is 0 Å². The molecule has 1 aliphatic rings. The van der Waals surface area contributed by atoms with Crippen LogP contribution < -0.4 is 5.73 Å². The van der Waals surface area contributed by atoms with Gasteiger partial charge in [-0.1, -0.05) is 0 Å². The highest BCUT2D eigenvalue weighted by atomic mass is 31.3. The Kier molecular flexibility index (Phi) is 6.63. The number of nitrogen functional groups attached to an aromatic ring is 1. The number of imidazole rings is 1. The van der Waals surface area contributed by atoms with Crippen molar-refractivity contribution < 1.29 is 51.6 Å². The number of ether oxygens (including phenoxy) is 1. The highest BCUT2D eigenvalue weighted by Gasteiger charge is 2.48. The zero-order chi connectivity index (χ0) is 21.3. The molecule has 0 aromatic carbocycles. The van der Waals surface area contributed by atoms with Crippen LogP contribution in [0.5, 0.6) is 0 Å². The summed E-state index contributed by atoms with van der Waals surface area (Å²) in [6.45, 7) is -0.640. The first-order valence-electron chi connectivity index (χ1n) is 7.52. The molecule has 0 radical (unpaired) electrons. The molecule has 3 rings (SSSR count). The number of fused-ring (bicyclic) bond motifs is 1. The molecule has 2 aromatic rings. The van der Waals surface area contributed by atoms with E-state index in [9.17, 15) is 23.9 Å². The first-order valence-corrected chi connectivity index (χ1v) is 11.2. The van der Waals surface area contributed by atoms with Gasteiger partial charge in [0.05, 0.1) is 6.33 Å². The molecule has 7 atom stereocenters. The fourth-order valence-electron chi connectivity index (χ4n) is 2.50. The minimum absolute atomic E-state index is 0.0936. The Balaban J connectivity index is 1.65. The van der Waals surface area contributed by atoms with Gasteiger partial charge in [-0.3, -0.25) is 9.46 Å². The molecule has 3 heterocycles. The molecule has 16 nitrogen and oxygen atoms in total. The topological polar surface area (TPSA) is 239 Å². The number of rotatable bonds is 8. The summed E-state index contributed by atoms with van der Waals surface area (Å²) in [7, 11) is -11.9. The van der Waals surface area contributed by atoms with Crippen LogP contribution in [0.3, 0.4) is 0 Å². The van der Waals surface area contributed by atoms with Gasteiger partial charge in [0.1, 0.15) is 36.8 Å². The second-order valence-corrected chi connectivity index (χ2v) is 8.94. The van der Waals surface area contributed by atoms with E-state index >= 15 is 0 Å². The van der Waals surface area contributed by atoms with Crippen molar-refractivity contribution in [3.8, 4) is 0 Å². The lowest BCUT2D eigenvalue weighted by Crippen LogP contribution is -2.33. The molecule has 1 fully saturated rings. The van der Waals surface area contributed by atoms with Crippen molar-refractivity contribution in [1.82, 2.24) is 19.5 Å². The van der Waals surface area contributed by atoms with Crippen molar-refractivity contribution in [2.24, 2.45) is 0 Å². The Morgan fingerprint density at radius 1 is 1.24 bits per heavy atom. The summed E-state index contributed by atoms with van der Waals surface area (Å²) in [6.07, 6.45) is -2.94. The summed E-state index contributed by atoms with van der Waals surface area (Å²) in [5.41, 5.74) is 6.15. The molecule has 29 heavy (non-hydrogen) atoms. The quantitative estimate of drug-likeness (QED) is 0.303. The molecule has 2 aromatic heterocycles. The number of phosphoric acid groups is 1. The molecular weight excluding hydrogens is 459 g/mol. The molecule has 158 valence electrons. The van der Waals surface area contributed by atoms with Crippen molar-refractivity contribution in [2.45, 2.75) is 24.5 Å². The molecule has 0 amide bonds. The molecule has 0 bridgehead atoms. The van der Waals surface area contributed by atoms with E-state index in [1.807, 2.05) is 0 Å². The predicted molar refractivity (Wildman–Crippen MR) is 91.0 cm³/mol. The van der Waals surface area contributed by atoms with Gasteiger partial charge in [-0.15, -0.1) is 9.42 Å². The van der Waals surface area contributed by atoms with Gasteiger partial charge in [0.15, 0.2) is 17.7 Å². The van der Waals surface area contributed by atoms with Crippen LogP contribution in [-0.4, -0.2) is 64.4 Å². The maximum atomic E-state index is 11.6. The van der Waals surface area contributed by atoms with Crippen LogP contribution in [0.1, 0.15) is 6.23 Å². The molecule has 0 saturated carbocycles. The average Bonchev–Trinajstić information content (AvgIpc) is 3.15. The summed E-state index contributed by atoms with van der Waals surface area (Å²) in [4.78, 5) is 29.3. The van der Waals surface area contributed by atoms with Crippen molar-refractivity contribution in [1.29, 1.82) is 0 Å². The van der Waals surface area contributed by atoms with Crippen LogP contribution in [0, 0.1) is 0 Å². The van der Waals surface area contributed by atoms with E-state index in [0.717, 1.165) is 0 Å². The summed E-state index contributed by atoms with van der Waals surface area (Å²) >= 11 is 0. The summed E-state index contributed by atoms with van der Waals surface area (Å²) < 4.78 is 52.4. The Bertz CT molecular complexity index is 987. The van der Waals surface area contributed by atoms with Crippen molar-refractivity contribution in [3.63, 3.8) is 0 Å². The van der Waals surface area contributed by atoms with Gasteiger partial charge < -0.3 is 20.7 Å². The number of nitrogens with zero attached hydrogens (tertiary/aromatic N) is 4. The largest absolute Gasteiger partial charge is 0.708 e. The van der Waals surface area contributed by atoms with E-state index in [4.69, 9.17) is 20.3 Å². The molecule has 0 spiro atoms. The number of aromatic nitrogens is 4. The highest BCUT2D eigenvalue weighted by molar-refractivity contribution is 7.61. The Labute approximate surface area is 162 Å². The third kappa shape index (κ3) is 4.97. The number of anilines is 1. The number of aliphatic hydroxyl groups excluding tert-OH is 2. The normalized spacial score (nSPS) is 27.7. The van der Waals surface area contributed by atoms with Crippen molar-refractivity contribution in [2.75, 3.05) is 12.3 Å². The molecule has 1 saturated heterocycles. The average molecular weight is 473 g/mol. The third-order valence-corrected chi connectivity index (χ3v) is 6.79. The van der Waals surface area contributed by atoms with E-state index in [1.165, 1.54) is 17.2 Å². The summed E-state index contributed by atoms with van der Waals surface area (Å²) in [5, 5.41) is 20.4. The van der Waals surface area contributed by atoms with Crippen molar-refractivity contribution >= 4 is 41.3 Å². The van der Waals surface area contributed by atoms with E-state index in [2.05, 4.69) is 28.1 Å². The van der Waals surface area contributed by atoms with Crippen LogP contribution in [0.2, 0.25) is 0 Å². The first kappa shape index (κ1) is 22.2. The van der Waals surface area contributed by atoms with Gasteiger partial charge in [0, 0.05) is 17.8 Å². The minimum Gasteiger partial charge on any atom is -0.387 e. The molecule has 3 unspecified atom stereocenters. The Morgan fingerprint density at radius 2 is 1.97 bits per heavy atom. The smallest absolute Gasteiger partial charge is 0.387 e. The van der Waals surface area contributed by atoms with Crippen molar-refractivity contribution in [3.05, 3.63) is 12.7 Å². The molecule has 6 N–H and O–H groups in total. The number of hydrogen-bond acceptors (Lipinski definition) is 13. The van der Waals surface area contributed by atoms with E-state index < -0.39 is 55.5 Å². The lowest BCUT2D eigenvalue weighted by Gasteiger charge is -2.16. The lowest BCUT2D eigenvalue weighted by molar-refractivity contribution is -0.0476. The lowest BCUT2D eigenvalue weighted by atomic mass is 10.1. The second-order valence-electron chi connectivity index (χ2n) is 5.52. The van der Waals surface area contributed by atoms with E-state index in [-0.39, 0.29) is 17.0 Å². The standard InChI is InChI=1S/C10H12N5O11P3/c11-8-5-9(13-2-12-8)15(3-14-5)10-7(17)6(16)4(24-10)1-23-28(20)26-29(21,22)25-27(18)19/h2-4,6-7,10,16-17H,1H2,(H2-2,11,12,13,18,19,21,22)/p+2/t4-,6-,7-,10-/m1/s1. The summed E-state index contributed by atoms with van der Waals surface area (Å²) in [6, 6.07) is 0. The second kappa shape index (κ2) is 8.68. The molecule has 1 aliphatic heterocycles. The first-order chi connectivity index (χ1) is 13.6. The van der Waals surface area contributed by atoms with Gasteiger partial charge in [0.2, 0.25) is 0 Å². The van der Waals surface area contributed by atoms with Gasteiger partial charge in [-0.05, 0) is 0 Å². The van der Waals surface area contributed by atoms with E-state index in [1.54, 1.807) is 0 Å². The van der Waals surface area contributed by atoms with Crippen LogP contribution in [0.25, 0.3) is 11.2 Å². The van der Waals surface area contributed by atoms with Gasteiger partial charge in [-0.25, -0.2) is 19.5 Å². The highest BCUT2D eigenvalue weighted by Crippen LogP contribution is 2.57. The fraction of sp³-hybridized carbons (Fsp3) is 0.500. The monoisotopic (exact) mass is 473 g/mol. The zero-order valence-electron chi connectivity index (χ0n) is 14.0. The Morgan fingerprint density at radius 3 is 2.66 bits per heavy atom. The summed E-state index contributed by atoms with van der Waals surface area (Å²) in [5.74, 6) is 0.0936. The van der Waals surface area contributed by atoms with Crippen LogP contribution >= 0.6 is 24.3 Å². The molecular formula is C10H14N5O11P3+2.